The molecule has 3 aliphatic heterocycles. The largest absolute Gasteiger partial charge is 0.484 e. The minimum Gasteiger partial charge on any atom is -0.484 e. The Kier molecular flexibility index (Phi) is 40.8. The molecule has 3 saturated heterocycles. The van der Waals surface area contributed by atoms with Crippen molar-refractivity contribution in [2.24, 2.45) is 5.73 Å². The molecule has 6 aromatic carbocycles. The quantitative estimate of drug-likeness (QED) is 0.0177. The van der Waals surface area contributed by atoms with Gasteiger partial charge in [0.1, 0.15) is 35.6 Å². The van der Waals surface area contributed by atoms with Crippen molar-refractivity contribution >= 4 is 47.8 Å². The van der Waals surface area contributed by atoms with Gasteiger partial charge in [0.05, 0.1) is 152 Å². The molecular formula is C94H134N10O21S3. The number of hydrogen-bond acceptors (Lipinski definition) is 25. The van der Waals surface area contributed by atoms with Crippen LogP contribution in [0.4, 0.5) is 0 Å². The highest BCUT2D eigenvalue weighted by molar-refractivity contribution is 7.90. The molecule has 3 amide bonds. The molecule has 34 heteroatoms. The number of ether oxygens (including phenoxy) is 12. The summed E-state index contributed by atoms with van der Waals surface area (Å²) in [7, 11) is -11.4. The molecule has 3 heterocycles. The number of rotatable bonds is 60. The molecule has 12 rings (SSSR count). The first-order valence-corrected chi connectivity index (χ1v) is 50.4. The number of nitrogens with one attached hydrogen (secondary N) is 6. The summed E-state index contributed by atoms with van der Waals surface area (Å²) in [4.78, 5) is 47.5. The molecule has 6 atom stereocenters. The fourth-order valence-corrected chi connectivity index (χ4v) is 20.5. The SMILES string of the molecule is NC(CCC(=O)NCCOCCOCCOCCNS(=O)(=O)c1ccc(O[C@H]2c3ccccc3C[C@@H]2N2CCCCC2)cc1)(CCC(=O)NCCOCCOCCOCCNS(=O)(=O)c1ccc(O[C@H]2c3ccccc3C[C@@H]2N2CCCCC2)cc1)CCC(=O)NCCOCCOCCOCCNS(=O)(=O)c1ccc(O[C@H]2c3ccccc3C[C@@H]2N2CCCCC2)cc1. The number of amides is 3. The Balaban J connectivity index is 0.485. The van der Waals surface area contributed by atoms with E-state index in [4.69, 9.17) is 62.6 Å². The van der Waals surface area contributed by atoms with E-state index in [0.717, 1.165) is 58.5 Å². The Labute approximate surface area is 756 Å². The van der Waals surface area contributed by atoms with Gasteiger partial charge >= 0.3 is 0 Å². The second kappa shape index (κ2) is 52.5. The van der Waals surface area contributed by atoms with Crippen LogP contribution >= 0.6 is 0 Å². The van der Waals surface area contributed by atoms with Crippen LogP contribution in [0.15, 0.2) is 160 Å². The van der Waals surface area contributed by atoms with Gasteiger partial charge in [0, 0.05) is 64.1 Å². The monoisotopic (exact) mass is 1830 g/mol. The van der Waals surface area contributed by atoms with Gasteiger partial charge in [-0.15, -0.1) is 0 Å². The summed E-state index contributed by atoms with van der Waals surface area (Å²) in [6.07, 6.45) is 13.8. The first-order valence-electron chi connectivity index (χ1n) is 45.9. The first-order chi connectivity index (χ1) is 62.4. The molecule has 6 aromatic rings. The van der Waals surface area contributed by atoms with E-state index < -0.39 is 35.6 Å². The Morgan fingerprint density at radius 2 is 0.531 bits per heavy atom. The third-order valence-corrected chi connectivity index (χ3v) is 28.7. The molecule has 0 unspecified atom stereocenters. The normalized spacial score (nSPS) is 19.3. The van der Waals surface area contributed by atoms with Crippen molar-refractivity contribution in [2.45, 2.75) is 172 Å². The molecule has 0 aromatic heterocycles. The standard InChI is InChI=1S/C94H134N10O21S3/c95-94(37-34-88(105)96-40-52-114-58-64-120-67-61-117-55-43-99-126(108,109)79-28-22-76(23-29-79)123-91-82-19-7-4-16-73(82)70-85(91)102-46-10-1-11-47-102,38-35-89(106)97-41-53-115-59-65-121-68-62-118-56-44-100-127(110,111)80-30-24-77(25-31-80)124-92-83-20-8-5-17-74(83)71-86(92)103-48-12-2-13-49-103)39-36-90(107)98-42-54-116-60-66-122-69-63-119-57-45-101-128(112,113)81-32-26-78(27-33-81)125-93-84-21-9-6-18-75(84)72-87(93)104-50-14-3-15-51-104/h4-9,16-33,85-87,91-93,99-101H,1-3,10-15,34-72,95H2,(H,96,105)(H,97,106)(H,98,107)/t85-,86-,87-,91-,92-,93-/m0/s1. The molecule has 31 nitrogen and oxygen atoms in total. The van der Waals surface area contributed by atoms with Crippen molar-refractivity contribution in [3.05, 3.63) is 179 Å². The number of sulfonamides is 3. The summed E-state index contributed by atoms with van der Waals surface area (Å²) < 4.78 is 157. The minimum atomic E-state index is -3.79. The van der Waals surface area contributed by atoms with Crippen LogP contribution in [0.25, 0.3) is 0 Å². The van der Waals surface area contributed by atoms with E-state index in [1.54, 1.807) is 72.8 Å². The topological polar surface area (TPSA) is 372 Å². The Hall–Kier alpha value is -7.66. The zero-order valence-electron chi connectivity index (χ0n) is 74.0. The third-order valence-electron chi connectivity index (χ3n) is 24.3. The van der Waals surface area contributed by atoms with Crippen molar-refractivity contribution in [3.63, 3.8) is 0 Å². The van der Waals surface area contributed by atoms with Crippen molar-refractivity contribution < 1.29 is 96.5 Å². The van der Waals surface area contributed by atoms with Gasteiger partial charge in [-0.25, -0.2) is 39.4 Å². The summed E-state index contributed by atoms with van der Waals surface area (Å²) in [5.41, 5.74) is 13.3. The maximum absolute atomic E-state index is 13.2. The summed E-state index contributed by atoms with van der Waals surface area (Å²) in [5.74, 6) is 1.02. The molecular weight excluding hydrogens is 1700 g/mol. The highest BCUT2D eigenvalue weighted by Gasteiger charge is 2.42. The van der Waals surface area contributed by atoms with Crippen LogP contribution in [-0.2, 0) is 106 Å². The average Bonchev–Trinajstić information content (AvgIpc) is 1.64. The number of piperidine rings is 3. The molecule has 0 saturated carbocycles. The lowest BCUT2D eigenvalue weighted by atomic mass is 9.84. The van der Waals surface area contributed by atoms with Gasteiger partial charge in [-0.2, -0.15) is 0 Å². The lowest BCUT2D eigenvalue weighted by molar-refractivity contribution is -0.121. The molecule has 0 spiro atoms. The van der Waals surface area contributed by atoms with Crippen molar-refractivity contribution in [3.8, 4) is 17.2 Å². The van der Waals surface area contributed by atoms with E-state index in [2.05, 4.69) is 99.4 Å². The summed E-state index contributed by atoms with van der Waals surface area (Å²) >= 11 is 0. The van der Waals surface area contributed by atoms with Gasteiger partial charge in [-0.1, -0.05) is 92.1 Å². The molecule has 128 heavy (non-hydrogen) atoms. The van der Waals surface area contributed by atoms with E-state index in [1.165, 1.54) is 91.2 Å². The van der Waals surface area contributed by atoms with Crippen molar-refractivity contribution in [2.75, 3.05) is 197 Å². The number of likely N-dealkylation sites (tertiary alicyclic amines) is 3. The fraction of sp³-hybridized carbons (Fsp3) is 0.585. The van der Waals surface area contributed by atoms with Gasteiger partial charge in [0.2, 0.25) is 47.8 Å². The van der Waals surface area contributed by atoms with E-state index in [-0.39, 0.29) is 266 Å². The maximum atomic E-state index is 13.2. The van der Waals surface area contributed by atoms with E-state index in [0.29, 0.717) is 17.2 Å². The molecule has 0 bridgehead atoms. The number of nitrogens with zero attached hydrogens (tertiary/aromatic N) is 3. The number of hydrogen-bond donors (Lipinski definition) is 7. The second-order valence-corrected chi connectivity index (χ2v) is 38.6. The molecule has 6 aliphatic rings. The minimum absolute atomic E-state index is 0.0299. The van der Waals surface area contributed by atoms with Gasteiger partial charge in [0.25, 0.3) is 0 Å². The average molecular weight is 1840 g/mol. The van der Waals surface area contributed by atoms with Gasteiger partial charge in [-0.05, 0) is 222 Å². The van der Waals surface area contributed by atoms with E-state index in [9.17, 15) is 39.6 Å². The van der Waals surface area contributed by atoms with Crippen LogP contribution in [0.2, 0.25) is 0 Å². The zero-order valence-corrected chi connectivity index (χ0v) is 76.4. The van der Waals surface area contributed by atoms with Crippen LogP contribution in [-0.4, -0.2) is 279 Å². The molecule has 8 N–H and O–H groups in total. The lowest BCUT2D eigenvalue weighted by Gasteiger charge is -2.35. The van der Waals surface area contributed by atoms with Crippen LogP contribution in [0.1, 0.15) is 148 Å². The van der Waals surface area contributed by atoms with Gasteiger partial charge in [0.15, 0.2) is 0 Å². The zero-order chi connectivity index (χ0) is 89.5. The highest BCUT2D eigenvalue weighted by Crippen LogP contribution is 2.43. The van der Waals surface area contributed by atoms with Crippen molar-refractivity contribution in [1.82, 2.24) is 44.8 Å². The summed E-state index contributed by atoms with van der Waals surface area (Å²) in [6, 6.07) is 45.6. The third kappa shape index (κ3) is 31.8. The van der Waals surface area contributed by atoms with E-state index >= 15 is 0 Å². The number of nitrogens with two attached hydrogens (primary N) is 1. The number of benzene rings is 6. The fourth-order valence-electron chi connectivity index (χ4n) is 17.4. The van der Waals surface area contributed by atoms with Gasteiger partial charge in [-0.3, -0.25) is 29.1 Å². The number of fused-ring (bicyclic) bond motifs is 3. The maximum Gasteiger partial charge on any atom is 0.240 e. The predicted molar refractivity (Wildman–Crippen MR) is 484 cm³/mol. The summed E-state index contributed by atoms with van der Waals surface area (Å²) in [5, 5.41) is 8.55. The van der Waals surface area contributed by atoms with Crippen LogP contribution in [0, 0.1) is 0 Å². The van der Waals surface area contributed by atoms with Crippen LogP contribution in [0.5, 0.6) is 17.2 Å². The Bertz CT molecular complexity index is 4220. The lowest BCUT2D eigenvalue weighted by Crippen LogP contribution is -2.44. The molecule has 3 aliphatic carbocycles. The first kappa shape index (κ1) is 99.4. The molecule has 3 fully saturated rings. The number of carbonyl (C=O) groups excluding carboxylic acids is 3. The number of carbonyl (C=O) groups is 3. The van der Waals surface area contributed by atoms with Crippen molar-refractivity contribution in [1.29, 1.82) is 0 Å². The highest BCUT2D eigenvalue weighted by atomic mass is 32.2. The van der Waals surface area contributed by atoms with Crippen LogP contribution < -0.4 is 50.1 Å². The second-order valence-electron chi connectivity index (χ2n) is 33.3. The van der Waals surface area contributed by atoms with Gasteiger partial charge < -0.3 is 78.5 Å². The Morgan fingerprint density at radius 1 is 0.305 bits per heavy atom. The van der Waals surface area contributed by atoms with Crippen LogP contribution in [0.3, 0.4) is 0 Å². The van der Waals surface area contributed by atoms with E-state index in [1.807, 2.05) is 18.2 Å². The molecule has 704 valence electrons. The Morgan fingerprint density at radius 3 is 0.781 bits per heavy atom. The smallest absolute Gasteiger partial charge is 0.240 e. The summed E-state index contributed by atoms with van der Waals surface area (Å²) in [6.45, 7) is 11.3. The molecule has 0 radical (unpaired) electrons. The predicted octanol–water partition coefficient (Wildman–Crippen LogP) is 8.05.